The van der Waals surface area contributed by atoms with E-state index in [2.05, 4.69) is 45.9 Å². The van der Waals surface area contributed by atoms with Crippen molar-refractivity contribution in [2.75, 3.05) is 13.2 Å². The van der Waals surface area contributed by atoms with Gasteiger partial charge in [0.2, 0.25) is 0 Å². The Morgan fingerprint density at radius 3 is 2.50 bits per heavy atom. The molecule has 2 heteroatoms. The minimum atomic E-state index is 0.0666. The third-order valence-corrected chi connectivity index (χ3v) is 3.68. The molecule has 0 saturated carbocycles. The van der Waals surface area contributed by atoms with E-state index in [0.717, 1.165) is 30.4 Å². The predicted octanol–water partition coefficient (Wildman–Crippen LogP) is 4.23. The topological polar surface area (TPSA) is 29.5 Å². The van der Waals surface area contributed by atoms with E-state index in [9.17, 15) is 0 Å². The first-order valence-corrected chi connectivity index (χ1v) is 7.92. The zero-order valence-corrected chi connectivity index (χ0v) is 13.5. The highest BCUT2D eigenvalue weighted by atomic mass is 16.5. The number of aliphatic hydroxyl groups is 1. The average molecular weight is 278 g/mol. The number of hydrogen-bond acceptors (Lipinski definition) is 2. The van der Waals surface area contributed by atoms with Crippen LogP contribution >= 0.6 is 0 Å². The van der Waals surface area contributed by atoms with Crippen molar-refractivity contribution < 1.29 is 9.84 Å². The van der Waals surface area contributed by atoms with Gasteiger partial charge in [0.05, 0.1) is 6.61 Å². The lowest BCUT2D eigenvalue weighted by Gasteiger charge is -2.15. The third-order valence-electron chi connectivity index (χ3n) is 3.68. The molecule has 0 aromatic heterocycles. The molecular weight excluding hydrogens is 248 g/mol. The summed E-state index contributed by atoms with van der Waals surface area (Å²) in [7, 11) is 0. The van der Waals surface area contributed by atoms with E-state index in [0.29, 0.717) is 6.61 Å². The Hall–Kier alpha value is -1.02. The molecule has 1 aromatic carbocycles. The van der Waals surface area contributed by atoms with Gasteiger partial charge in [-0.1, -0.05) is 52.7 Å². The van der Waals surface area contributed by atoms with Crippen molar-refractivity contribution in [2.45, 2.75) is 53.4 Å². The summed E-state index contributed by atoms with van der Waals surface area (Å²) in [5.74, 6) is 2.43. The van der Waals surface area contributed by atoms with Gasteiger partial charge in [-0.25, -0.2) is 0 Å². The molecule has 0 fully saturated rings. The van der Waals surface area contributed by atoms with Crippen molar-refractivity contribution in [2.24, 2.45) is 11.8 Å². The molecule has 1 unspecified atom stereocenters. The van der Waals surface area contributed by atoms with E-state index in [-0.39, 0.29) is 6.61 Å². The molecule has 20 heavy (non-hydrogen) atoms. The molecule has 0 amide bonds. The summed E-state index contributed by atoms with van der Waals surface area (Å²) in [5, 5.41) is 8.84. The monoisotopic (exact) mass is 278 g/mol. The minimum absolute atomic E-state index is 0.0666. The van der Waals surface area contributed by atoms with Crippen LogP contribution in [-0.4, -0.2) is 18.3 Å². The van der Waals surface area contributed by atoms with Crippen LogP contribution in [-0.2, 0) is 12.8 Å². The van der Waals surface area contributed by atoms with Gasteiger partial charge in [0, 0.05) is 0 Å². The molecule has 0 aliphatic rings. The Morgan fingerprint density at radius 1 is 1.15 bits per heavy atom. The van der Waals surface area contributed by atoms with Crippen molar-refractivity contribution in [3.05, 3.63) is 29.3 Å². The standard InChI is InChI=1S/C18H30O2/c1-5-17-13-16(8-9-18(17)20-11-10-19)12-15(4)7-6-14(2)3/h8-9,13-15,19H,5-7,10-12H2,1-4H3. The third kappa shape index (κ3) is 5.96. The highest BCUT2D eigenvalue weighted by molar-refractivity contribution is 5.37. The summed E-state index contributed by atoms with van der Waals surface area (Å²) in [6.07, 6.45) is 4.70. The van der Waals surface area contributed by atoms with Crippen molar-refractivity contribution in [1.29, 1.82) is 0 Å². The van der Waals surface area contributed by atoms with E-state index in [1.54, 1.807) is 0 Å². The lowest BCUT2D eigenvalue weighted by atomic mass is 9.92. The van der Waals surface area contributed by atoms with Crippen LogP contribution in [0.1, 0.15) is 51.7 Å². The van der Waals surface area contributed by atoms with Crippen LogP contribution in [0, 0.1) is 11.8 Å². The maximum atomic E-state index is 8.84. The van der Waals surface area contributed by atoms with Gasteiger partial charge in [-0.2, -0.15) is 0 Å². The van der Waals surface area contributed by atoms with Crippen molar-refractivity contribution in [3.63, 3.8) is 0 Å². The Labute approximate surface area is 124 Å². The average Bonchev–Trinajstić information content (AvgIpc) is 2.43. The van der Waals surface area contributed by atoms with Crippen LogP contribution in [0.15, 0.2) is 18.2 Å². The van der Waals surface area contributed by atoms with Crippen molar-refractivity contribution in [3.8, 4) is 5.75 Å². The zero-order chi connectivity index (χ0) is 15.0. The number of aliphatic hydroxyl groups excluding tert-OH is 1. The van der Waals surface area contributed by atoms with Gasteiger partial charge in [-0.3, -0.25) is 0 Å². The van der Waals surface area contributed by atoms with Crippen LogP contribution in [0.5, 0.6) is 5.75 Å². The second kappa shape index (κ2) is 9.02. The molecule has 2 nitrogen and oxygen atoms in total. The van der Waals surface area contributed by atoms with Gasteiger partial charge < -0.3 is 9.84 Å². The number of rotatable bonds is 9. The Morgan fingerprint density at radius 2 is 1.90 bits per heavy atom. The molecule has 0 aliphatic carbocycles. The van der Waals surface area contributed by atoms with Gasteiger partial charge in [0.1, 0.15) is 12.4 Å². The lowest BCUT2D eigenvalue weighted by molar-refractivity contribution is 0.200. The number of ether oxygens (including phenoxy) is 1. The SMILES string of the molecule is CCc1cc(CC(C)CCC(C)C)ccc1OCCO. The van der Waals surface area contributed by atoms with Crippen LogP contribution in [0.25, 0.3) is 0 Å². The molecular formula is C18H30O2. The summed E-state index contributed by atoms with van der Waals surface area (Å²) < 4.78 is 5.57. The first kappa shape index (κ1) is 17.0. The van der Waals surface area contributed by atoms with Crippen molar-refractivity contribution in [1.82, 2.24) is 0 Å². The Bertz CT molecular complexity index is 385. The molecule has 0 heterocycles. The van der Waals surface area contributed by atoms with Gasteiger partial charge in [0.25, 0.3) is 0 Å². The number of aryl methyl sites for hydroxylation is 1. The number of hydrogen-bond donors (Lipinski definition) is 1. The second-order valence-corrected chi connectivity index (χ2v) is 6.15. The lowest BCUT2D eigenvalue weighted by Crippen LogP contribution is -2.05. The first-order valence-electron chi connectivity index (χ1n) is 7.92. The number of benzene rings is 1. The van der Waals surface area contributed by atoms with Crippen LogP contribution in [0.4, 0.5) is 0 Å². The summed E-state index contributed by atoms with van der Waals surface area (Å²) in [6.45, 7) is 9.50. The molecule has 0 bridgehead atoms. The highest BCUT2D eigenvalue weighted by Crippen LogP contribution is 2.24. The molecule has 0 saturated heterocycles. The van der Waals surface area contributed by atoms with Crippen molar-refractivity contribution >= 4 is 0 Å². The smallest absolute Gasteiger partial charge is 0.122 e. The van der Waals surface area contributed by atoms with Gasteiger partial charge in [-0.05, 0) is 41.9 Å². The van der Waals surface area contributed by atoms with E-state index in [1.165, 1.54) is 24.0 Å². The fraction of sp³-hybridized carbons (Fsp3) is 0.667. The highest BCUT2D eigenvalue weighted by Gasteiger charge is 2.08. The van der Waals surface area contributed by atoms with E-state index in [4.69, 9.17) is 9.84 Å². The largest absolute Gasteiger partial charge is 0.491 e. The molecule has 114 valence electrons. The van der Waals surface area contributed by atoms with E-state index in [1.807, 2.05) is 0 Å². The summed E-state index contributed by atoms with van der Waals surface area (Å²) >= 11 is 0. The summed E-state index contributed by atoms with van der Waals surface area (Å²) in [6, 6.07) is 6.48. The van der Waals surface area contributed by atoms with E-state index < -0.39 is 0 Å². The fourth-order valence-electron chi connectivity index (χ4n) is 2.45. The Kier molecular flexibility index (Phi) is 7.68. The van der Waals surface area contributed by atoms with E-state index >= 15 is 0 Å². The molecule has 0 aliphatic heterocycles. The predicted molar refractivity (Wildman–Crippen MR) is 85.3 cm³/mol. The van der Waals surface area contributed by atoms with Crippen LogP contribution in [0.3, 0.4) is 0 Å². The maximum Gasteiger partial charge on any atom is 0.122 e. The van der Waals surface area contributed by atoms with Gasteiger partial charge in [-0.15, -0.1) is 0 Å². The first-order chi connectivity index (χ1) is 9.56. The summed E-state index contributed by atoms with van der Waals surface area (Å²) in [4.78, 5) is 0. The van der Waals surface area contributed by atoms with Crippen LogP contribution in [0.2, 0.25) is 0 Å². The molecule has 1 atom stereocenters. The molecule has 1 aromatic rings. The maximum absolute atomic E-state index is 8.84. The molecule has 1 N–H and O–H groups in total. The second-order valence-electron chi connectivity index (χ2n) is 6.15. The van der Waals surface area contributed by atoms with Gasteiger partial charge >= 0.3 is 0 Å². The normalized spacial score (nSPS) is 12.7. The quantitative estimate of drug-likeness (QED) is 0.732. The van der Waals surface area contributed by atoms with Crippen LogP contribution < -0.4 is 4.74 Å². The zero-order valence-electron chi connectivity index (χ0n) is 13.5. The summed E-state index contributed by atoms with van der Waals surface area (Å²) in [5.41, 5.74) is 2.64. The molecule has 0 spiro atoms. The fourth-order valence-corrected chi connectivity index (χ4v) is 2.45. The molecule has 1 rings (SSSR count). The minimum Gasteiger partial charge on any atom is -0.491 e. The van der Waals surface area contributed by atoms with Gasteiger partial charge in [0.15, 0.2) is 0 Å². The Balaban J connectivity index is 2.62. The molecule has 0 radical (unpaired) electrons.